The van der Waals surface area contributed by atoms with Gasteiger partial charge in [-0.15, -0.1) is 0 Å². The van der Waals surface area contributed by atoms with E-state index < -0.39 is 5.60 Å². The third-order valence-corrected chi connectivity index (χ3v) is 7.23. The van der Waals surface area contributed by atoms with Gasteiger partial charge in [0.2, 0.25) is 0 Å². The second kappa shape index (κ2) is 9.80. The Labute approximate surface area is 221 Å². The Morgan fingerprint density at radius 2 is 1.65 bits per heavy atom. The normalized spacial score (nSPS) is 17.7. The standard InChI is InChI=1S/C29H40BN3O4/c1-10-17-33(26(34)35-27(3,4)5)19(2)25-31-23-16-13-21(18-24(23)32-25)20-11-14-22(15-12-20)30-36-28(6,7)29(8,9)37-30/h11-16,18-19H,10,17H2,1-9H3,(H,31,32)/t19-/m0/s1. The zero-order valence-corrected chi connectivity index (χ0v) is 23.6. The molecule has 1 aliphatic rings. The van der Waals surface area contributed by atoms with Crippen LogP contribution in [0.4, 0.5) is 4.79 Å². The molecular weight excluding hydrogens is 465 g/mol. The van der Waals surface area contributed by atoms with Gasteiger partial charge in [-0.1, -0.05) is 37.3 Å². The fourth-order valence-electron chi connectivity index (χ4n) is 4.37. The maximum Gasteiger partial charge on any atom is 0.494 e. The van der Waals surface area contributed by atoms with E-state index in [0.29, 0.717) is 6.54 Å². The molecule has 1 amide bonds. The zero-order chi connectivity index (χ0) is 27.2. The summed E-state index contributed by atoms with van der Waals surface area (Å²) in [6.45, 7) is 18.5. The van der Waals surface area contributed by atoms with E-state index in [4.69, 9.17) is 19.0 Å². The summed E-state index contributed by atoms with van der Waals surface area (Å²) in [6.07, 6.45) is 0.501. The first-order valence-corrected chi connectivity index (χ1v) is 13.2. The topological polar surface area (TPSA) is 76.7 Å². The van der Waals surface area contributed by atoms with Crippen molar-refractivity contribution in [1.29, 1.82) is 0 Å². The molecule has 1 N–H and O–H groups in total. The Bertz CT molecular complexity index is 1240. The largest absolute Gasteiger partial charge is 0.494 e. The van der Waals surface area contributed by atoms with E-state index >= 15 is 0 Å². The lowest BCUT2D eigenvalue weighted by atomic mass is 9.78. The summed E-state index contributed by atoms with van der Waals surface area (Å²) in [5.41, 5.74) is 3.67. The summed E-state index contributed by atoms with van der Waals surface area (Å²) >= 11 is 0. The van der Waals surface area contributed by atoms with Crippen molar-refractivity contribution in [2.45, 2.75) is 91.6 Å². The fraction of sp³-hybridized carbons (Fsp3) is 0.517. The van der Waals surface area contributed by atoms with Gasteiger partial charge in [0.15, 0.2) is 0 Å². The van der Waals surface area contributed by atoms with Gasteiger partial charge >= 0.3 is 13.2 Å². The van der Waals surface area contributed by atoms with E-state index in [1.807, 2.05) is 40.7 Å². The molecule has 37 heavy (non-hydrogen) atoms. The molecule has 0 radical (unpaired) electrons. The molecule has 1 atom stereocenters. The molecule has 198 valence electrons. The summed E-state index contributed by atoms with van der Waals surface area (Å²) in [5, 5.41) is 0. The van der Waals surface area contributed by atoms with Crippen molar-refractivity contribution in [3.63, 3.8) is 0 Å². The number of H-pyrrole nitrogens is 1. The van der Waals surface area contributed by atoms with Crippen molar-refractivity contribution in [3.8, 4) is 11.1 Å². The summed E-state index contributed by atoms with van der Waals surface area (Å²) in [7, 11) is -0.380. The number of ether oxygens (including phenoxy) is 1. The zero-order valence-electron chi connectivity index (χ0n) is 23.6. The highest BCUT2D eigenvalue weighted by Gasteiger charge is 2.51. The molecule has 7 nitrogen and oxygen atoms in total. The number of carbonyl (C=O) groups is 1. The van der Waals surface area contributed by atoms with Crippen LogP contribution in [0.15, 0.2) is 42.5 Å². The predicted molar refractivity (Wildman–Crippen MR) is 149 cm³/mol. The highest BCUT2D eigenvalue weighted by molar-refractivity contribution is 6.62. The van der Waals surface area contributed by atoms with Gasteiger partial charge in [0.05, 0.1) is 28.3 Å². The van der Waals surface area contributed by atoms with Crippen LogP contribution < -0.4 is 5.46 Å². The number of hydrogen-bond donors (Lipinski definition) is 1. The van der Waals surface area contributed by atoms with Gasteiger partial charge in [-0.3, -0.25) is 4.90 Å². The summed E-state index contributed by atoms with van der Waals surface area (Å²) < 4.78 is 18.0. The van der Waals surface area contributed by atoms with E-state index in [1.165, 1.54) is 0 Å². The molecule has 4 rings (SSSR count). The molecule has 1 saturated heterocycles. The molecule has 1 aromatic heterocycles. The second-order valence-electron chi connectivity index (χ2n) is 11.9. The molecule has 0 spiro atoms. The lowest BCUT2D eigenvalue weighted by Gasteiger charge is -2.32. The summed E-state index contributed by atoms with van der Waals surface area (Å²) in [4.78, 5) is 22.8. The Balaban J connectivity index is 1.54. The van der Waals surface area contributed by atoms with Crippen molar-refractivity contribution in [2.24, 2.45) is 0 Å². The molecule has 1 aliphatic heterocycles. The molecule has 8 heteroatoms. The highest BCUT2D eigenvalue weighted by atomic mass is 16.7. The number of fused-ring (bicyclic) bond motifs is 1. The number of aromatic nitrogens is 2. The molecule has 0 bridgehead atoms. The monoisotopic (exact) mass is 505 g/mol. The van der Waals surface area contributed by atoms with Gasteiger partial charge in [-0.05, 0) is 90.5 Å². The number of aromatic amines is 1. The van der Waals surface area contributed by atoms with Gasteiger partial charge in [0.1, 0.15) is 11.4 Å². The Hall–Kier alpha value is -2.84. The quantitative estimate of drug-likeness (QED) is 0.402. The SMILES string of the molecule is CCCN(C(=O)OC(C)(C)C)[C@@H](C)c1nc2ccc(-c3ccc(B4OC(C)(C)C(C)(C)O4)cc3)cc2[nH]1. The van der Waals surface area contributed by atoms with E-state index in [9.17, 15) is 4.79 Å². The number of nitrogens with one attached hydrogen (secondary N) is 1. The van der Waals surface area contributed by atoms with Crippen LogP contribution in [-0.4, -0.2) is 51.4 Å². The Morgan fingerprint density at radius 3 is 2.22 bits per heavy atom. The number of amides is 1. The smallest absolute Gasteiger partial charge is 0.444 e. The molecule has 0 aliphatic carbocycles. The van der Waals surface area contributed by atoms with Gasteiger partial charge in [-0.2, -0.15) is 0 Å². The van der Waals surface area contributed by atoms with Crippen LogP contribution in [0.1, 0.15) is 80.6 Å². The number of carbonyl (C=O) groups excluding carboxylic acids is 1. The molecular formula is C29H40BN3O4. The van der Waals surface area contributed by atoms with Crippen LogP contribution in [0.2, 0.25) is 0 Å². The first kappa shape index (κ1) is 27.2. The third kappa shape index (κ3) is 5.70. The average Bonchev–Trinajstić information content (AvgIpc) is 3.32. The van der Waals surface area contributed by atoms with Crippen molar-refractivity contribution < 1.29 is 18.8 Å². The first-order valence-electron chi connectivity index (χ1n) is 13.2. The van der Waals surface area contributed by atoms with Gasteiger partial charge in [-0.25, -0.2) is 9.78 Å². The number of benzene rings is 2. The van der Waals surface area contributed by atoms with Crippen LogP contribution in [0.25, 0.3) is 22.2 Å². The fourth-order valence-corrected chi connectivity index (χ4v) is 4.37. The number of hydrogen-bond acceptors (Lipinski definition) is 5. The first-order chi connectivity index (χ1) is 17.2. The minimum absolute atomic E-state index is 0.246. The third-order valence-electron chi connectivity index (χ3n) is 7.23. The molecule has 3 aromatic rings. The van der Waals surface area contributed by atoms with E-state index in [1.54, 1.807) is 4.90 Å². The van der Waals surface area contributed by atoms with Gasteiger partial charge in [0, 0.05) is 6.54 Å². The van der Waals surface area contributed by atoms with Crippen molar-refractivity contribution >= 4 is 29.7 Å². The van der Waals surface area contributed by atoms with Crippen LogP contribution in [0.3, 0.4) is 0 Å². The van der Waals surface area contributed by atoms with Crippen LogP contribution in [0, 0.1) is 0 Å². The lowest BCUT2D eigenvalue weighted by Crippen LogP contribution is -2.41. The van der Waals surface area contributed by atoms with Crippen LogP contribution in [0.5, 0.6) is 0 Å². The summed E-state index contributed by atoms with van der Waals surface area (Å²) in [5.74, 6) is 0.738. The Morgan fingerprint density at radius 1 is 1.05 bits per heavy atom. The Kier molecular flexibility index (Phi) is 7.21. The van der Waals surface area contributed by atoms with Gasteiger partial charge < -0.3 is 19.0 Å². The summed E-state index contributed by atoms with van der Waals surface area (Å²) in [6, 6.07) is 14.2. The minimum atomic E-state index is -0.552. The van der Waals surface area contributed by atoms with Crippen LogP contribution >= 0.6 is 0 Å². The number of rotatable bonds is 6. The average molecular weight is 505 g/mol. The van der Waals surface area contributed by atoms with Gasteiger partial charge in [0.25, 0.3) is 0 Å². The van der Waals surface area contributed by atoms with Crippen molar-refractivity contribution in [2.75, 3.05) is 6.54 Å². The number of imidazole rings is 1. The van der Waals surface area contributed by atoms with Crippen molar-refractivity contribution in [3.05, 3.63) is 48.3 Å². The minimum Gasteiger partial charge on any atom is -0.444 e. The van der Waals surface area contributed by atoms with E-state index in [2.05, 4.69) is 69.1 Å². The van der Waals surface area contributed by atoms with E-state index in [-0.39, 0.29) is 30.5 Å². The van der Waals surface area contributed by atoms with Crippen molar-refractivity contribution in [1.82, 2.24) is 14.9 Å². The van der Waals surface area contributed by atoms with Crippen LogP contribution in [-0.2, 0) is 14.0 Å². The van der Waals surface area contributed by atoms with E-state index in [0.717, 1.165) is 39.9 Å². The second-order valence-corrected chi connectivity index (χ2v) is 11.9. The number of nitrogens with zero attached hydrogens (tertiary/aromatic N) is 2. The maximum absolute atomic E-state index is 12.9. The molecule has 1 fully saturated rings. The predicted octanol–water partition coefficient (Wildman–Crippen LogP) is 6.24. The lowest BCUT2D eigenvalue weighted by molar-refractivity contribution is 0.00578. The maximum atomic E-state index is 12.9. The highest BCUT2D eigenvalue weighted by Crippen LogP contribution is 2.36. The molecule has 2 aromatic carbocycles. The molecule has 2 heterocycles. The molecule has 0 unspecified atom stereocenters. The molecule has 0 saturated carbocycles.